The minimum Gasteiger partial charge on any atom is -0.337 e. The molecule has 0 atom stereocenters. The van der Waals surface area contributed by atoms with Crippen LogP contribution in [0.3, 0.4) is 0 Å². The van der Waals surface area contributed by atoms with Crippen molar-refractivity contribution in [1.82, 2.24) is 34.9 Å². The van der Waals surface area contributed by atoms with Crippen molar-refractivity contribution >= 4 is 11.6 Å². The summed E-state index contributed by atoms with van der Waals surface area (Å²) in [5.41, 5.74) is 2.04. The fraction of sp³-hybridized carbons (Fsp3) is 0.412. The molecule has 4 rings (SSSR count). The predicted octanol–water partition coefficient (Wildman–Crippen LogP) is 1.16. The van der Waals surface area contributed by atoms with Crippen molar-refractivity contribution in [2.45, 2.75) is 20.5 Å². The highest BCUT2D eigenvalue weighted by atomic mass is 16.6. The van der Waals surface area contributed by atoms with E-state index in [4.69, 9.17) is 0 Å². The Morgan fingerprint density at radius 1 is 1.11 bits per heavy atom. The standard InChI is InChI=1S/C17H21N9O2/c1-13-16(26(27)28)14(2)24(19-13)12-22-8-10-23(11-9-22)17-18-20-21-25(17)15-6-4-3-5-7-15/h3-7H,8-12H2,1-2H3. The number of benzene rings is 1. The number of piperazine rings is 1. The van der Waals surface area contributed by atoms with Gasteiger partial charge in [-0.25, -0.2) is 4.68 Å². The van der Waals surface area contributed by atoms with E-state index in [1.165, 1.54) is 0 Å². The first-order chi connectivity index (χ1) is 13.5. The Hall–Kier alpha value is -3.34. The number of anilines is 1. The fourth-order valence-corrected chi connectivity index (χ4v) is 3.48. The normalized spacial score (nSPS) is 15.1. The minimum atomic E-state index is -0.366. The Morgan fingerprint density at radius 3 is 2.46 bits per heavy atom. The molecule has 0 radical (unpaired) electrons. The lowest BCUT2D eigenvalue weighted by molar-refractivity contribution is -0.386. The summed E-state index contributed by atoms with van der Waals surface area (Å²) in [5, 5.41) is 27.6. The van der Waals surface area contributed by atoms with Gasteiger partial charge in [0.2, 0.25) is 5.95 Å². The third-order valence-electron chi connectivity index (χ3n) is 4.97. The zero-order valence-corrected chi connectivity index (χ0v) is 15.8. The van der Waals surface area contributed by atoms with Crippen LogP contribution in [-0.2, 0) is 6.67 Å². The van der Waals surface area contributed by atoms with Gasteiger partial charge < -0.3 is 4.90 Å². The van der Waals surface area contributed by atoms with Crippen LogP contribution >= 0.6 is 0 Å². The summed E-state index contributed by atoms with van der Waals surface area (Å²) in [7, 11) is 0. The summed E-state index contributed by atoms with van der Waals surface area (Å²) in [6, 6.07) is 9.78. The predicted molar refractivity (Wildman–Crippen MR) is 101 cm³/mol. The lowest BCUT2D eigenvalue weighted by Gasteiger charge is -2.34. The molecule has 1 fully saturated rings. The van der Waals surface area contributed by atoms with E-state index in [1.807, 2.05) is 30.3 Å². The molecular weight excluding hydrogens is 362 g/mol. The Balaban J connectivity index is 1.43. The number of aromatic nitrogens is 6. The summed E-state index contributed by atoms with van der Waals surface area (Å²) in [6.07, 6.45) is 0. The highest BCUT2D eigenvalue weighted by molar-refractivity contribution is 5.41. The lowest BCUT2D eigenvalue weighted by Crippen LogP contribution is -2.47. The van der Waals surface area contributed by atoms with E-state index in [9.17, 15) is 10.1 Å². The van der Waals surface area contributed by atoms with Crippen molar-refractivity contribution in [3.63, 3.8) is 0 Å². The highest BCUT2D eigenvalue weighted by Crippen LogP contribution is 2.22. The van der Waals surface area contributed by atoms with Crippen molar-refractivity contribution in [2.24, 2.45) is 0 Å². The first-order valence-corrected chi connectivity index (χ1v) is 9.04. The molecule has 1 saturated heterocycles. The molecule has 0 spiro atoms. The van der Waals surface area contributed by atoms with Gasteiger partial charge in [-0.15, -0.1) is 0 Å². The van der Waals surface area contributed by atoms with E-state index < -0.39 is 0 Å². The molecule has 11 nitrogen and oxygen atoms in total. The molecule has 1 aromatic carbocycles. The maximum absolute atomic E-state index is 11.2. The van der Waals surface area contributed by atoms with Gasteiger partial charge in [-0.05, 0) is 36.4 Å². The quantitative estimate of drug-likeness (QED) is 0.477. The maximum Gasteiger partial charge on any atom is 0.312 e. The van der Waals surface area contributed by atoms with E-state index >= 15 is 0 Å². The van der Waals surface area contributed by atoms with E-state index in [-0.39, 0.29) is 10.6 Å². The number of hydrogen-bond donors (Lipinski definition) is 0. The molecule has 0 aliphatic carbocycles. The molecule has 146 valence electrons. The van der Waals surface area contributed by atoms with Gasteiger partial charge in [-0.1, -0.05) is 23.3 Å². The second-order valence-electron chi connectivity index (χ2n) is 6.75. The molecule has 0 saturated carbocycles. The van der Waals surface area contributed by atoms with Gasteiger partial charge in [0.25, 0.3) is 0 Å². The zero-order valence-electron chi connectivity index (χ0n) is 15.8. The first-order valence-electron chi connectivity index (χ1n) is 9.04. The number of nitrogens with zero attached hydrogens (tertiary/aromatic N) is 9. The van der Waals surface area contributed by atoms with Gasteiger partial charge in [-0.3, -0.25) is 15.0 Å². The largest absolute Gasteiger partial charge is 0.337 e. The third-order valence-corrected chi connectivity index (χ3v) is 4.97. The molecular formula is C17H21N9O2. The molecule has 0 N–H and O–H groups in total. The second kappa shape index (κ2) is 7.35. The number of aryl methyl sites for hydroxylation is 1. The number of tetrazole rings is 1. The van der Waals surface area contributed by atoms with Crippen LogP contribution < -0.4 is 4.90 Å². The molecule has 2 aromatic heterocycles. The van der Waals surface area contributed by atoms with Gasteiger partial charge in [0.15, 0.2) is 0 Å². The monoisotopic (exact) mass is 383 g/mol. The average molecular weight is 383 g/mol. The van der Waals surface area contributed by atoms with Crippen LogP contribution in [0.15, 0.2) is 30.3 Å². The molecule has 1 aliphatic heterocycles. The summed E-state index contributed by atoms with van der Waals surface area (Å²) < 4.78 is 3.44. The summed E-state index contributed by atoms with van der Waals surface area (Å²) in [5.74, 6) is 0.715. The van der Waals surface area contributed by atoms with Gasteiger partial charge in [0.1, 0.15) is 11.4 Å². The number of para-hydroxylation sites is 1. The van der Waals surface area contributed by atoms with Gasteiger partial charge in [0.05, 0.1) is 17.3 Å². The van der Waals surface area contributed by atoms with Crippen LogP contribution in [-0.4, -0.2) is 66.0 Å². The molecule has 3 heterocycles. The van der Waals surface area contributed by atoms with E-state index in [0.717, 1.165) is 31.9 Å². The van der Waals surface area contributed by atoms with Crippen molar-refractivity contribution < 1.29 is 4.92 Å². The summed E-state index contributed by atoms with van der Waals surface area (Å²) >= 11 is 0. The maximum atomic E-state index is 11.2. The average Bonchev–Trinajstić information content (AvgIpc) is 3.28. The van der Waals surface area contributed by atoms with Gasteiger partial charge >= 0.3 is 5.69 Å². The van der Waals surface area contributed by atoms with Crippen LogP contribution in [0.25, 0.3) is 5.69 Å². The molecule has 11 heteroatoms. The molecule has 3 aromatic rings. The minimum absolute atomic E-state index is 0.0978. The highest BCUT2D eigenvalue weighted by Gasteiger charge is 2.25. The van der Waals surface area contributed by atoms with E-state index in [1.54, 1.807) is 23.2 Å². The molecule has 28 heavy (non-hydrogen) atoms. The Kier molecular flexibility index (Phi) is 4.74. The lowest BCUT2D eigenvalue weighted by atomic mass is 10.3. The van der Waals surface area contributed by atoms with Gasteiger partial charge in [0, 0.05) is 26.2 Å². The smallest absolute Gasteiger partial charge is 0.312 e. The zero-order chi connectivity index (χ0) is 19.7. The topological polar surface area (TPSA) is 111 Å². The third kappa shape index (κ3) is 3.31. The summed E-state index contributed by atoms with van der Waals surface area (Å²) in [6.45, 7) is 7.02. The van der Waals surface area contributed by atoms with Crippen LogP contribution in [0.5, 0.6) is 0 Å². The Bertz CT molecular complexity index is 974. The van der Waals surface area contributed by atoms with Crippen molar-refractivity contribution in [3.8, 4) is 5.69 Å². The number of rotatable bonds is 5. The molecule has 0 unspecified atom stereocenters. The fourth-order valence-electron chi connectivity index (χ4n) is 3.48. The van der Waals surface area contributed by atoms with Crippen molar-refractivity contribution in [2.75, 3.05) is 31.1 Å². The SMILES string of the molecule is Cc1nn(CN2CCN(c3nnnn3-c3ccccc3)CC2)c(C)c1[N+](=O)[O-]. The first kappa shape index (κ1) is 18.0. The molecule has 0 bridgehead atoms. The number of nitro groups is 1. The van der Waals surface area contributed by atoms with Crippen molar-refractivity contribution in [3.05, 3.63) is 51.8 Å². The van der Waals surface area contributed by atoms with Crippen LogP contribution in [0.4, 0.5) is 11.6 Å². The van der Waals surface area contributed by atoms with Crippen LogP contribution in [0.2, 0.25) is 0 Å². The molecule has 0 amide bonds. The Labute approximate surface area is 161 Å². The van der Waals surface area contributed by atoms with Crippen molar-refractivity contribution in [1.29, 1.82) is 0 Å². The van der Waals surface area contributed by atoms with E-state index in [0.29, 0.717) is 24.0 Å². The summed E-state index contributed by atoms with van der Waals surface area (Å²) in [4.78, 5) is 15.2. The molecule has 1 aliphatic rings. The number of hydrogen-bond acceptors (Lipinski definition) is 8. The Morgan fingerprint density at radius 2 is 1.82 bits per heavy atom. The van der Waals surface area contributed by atoms with Crippen LogP contribution in [0, 0.1) is 24.0 Å². The second-order valence-corrected chi connectivity index (χ2v) is 6.75. The van der Waals surface area contributed by atoms with Crippen LogP contribution in [0.1, 0.15) is 11.4 Å². The van der Waals surface area contributed by atoms with Gasteiger partial charge in [-0.2, -0.15) is 9.78 Å². The van der Waals surface area contributed by atoms with E-state index in [2.05, 4.69) is 30.4 Å².